The summed E-state index contributed by atoms with van der Waals surface area (Å²) < 4.78 is 17.0. The number of hydrogen-bond acceptors (Lipinski definition) is 4. The lowest BCUT2D eigenvalue weighted by molar-refractivity contribution is 0.168. The second-order valence-electron chi connectivity index (χ2n) is 7.50. The van der Waals surface area contributed by atoms with Gasteiger partial charge in [0.2, 0.25) is 0 Å². The Morgan fingerprint density at radius 1 is 0.759 bits per heavy atom. The number of ether oxygens (including phenoxy) is 3. The third-order valence-corrected chi connectivity index (χ3v) is 5.21. The van der Waals surface area contributed by atoms with Crippen LogP contribution in [0.4, 0.5) is 0 Å². The maximum atomic E-state index is 10.00. The smallest absolute Gasteiger partial charge is 0.132 e. The molecule has 3 aromatic carbocycles. The van der Waals surface area contributed by atoms with Crippen molar-refractivity contribution in [3.05, 3.63) is 83.4 Å². The highest BCUT2D eigenvalue weighted by Crippen LogP contribution is 2.49. The van der Waals surface area contributed by atoms with Gasteiger partial charge in [-0.15, -0.1) is 0 Å². The third kappa shape index (κ3) is 3.42. The molecule has 1 N–H and O–H groups in total. The first kappa shape index (κ1) is 18.9. The van der Waals surface area contributed by atoms with Gasteiger partial charge in [-0.3, -0.25) is 0 Å². The van der Waals surface area contributed by atoms with Crippen LogP contribution in [0.5, 0.6) is 23.0 Å². The van der Waals surface area contributed by atoms with Crippen LogP contribution in [0.2, 0.25) is 0 Å². The van der Waals surface area contributed by atoms with Gasteiger partial charge < -0.3 is 19.3 Å². The van der Waals surface area contributed by atoms with E-state index < -0.39 is 5.60 Å². The van der Waals surface area contributed by atoms with E-state index in [4.69, 9.17) is 14.2 Å². The van der Waals surface area contributed by atoms with Crippen LogP contribution in [0.3, 0.4) is 0 Å². The minimum Gasteiger partial charge on any atom is -0.508 e. The molecule has 1 aliphatic rings. The molecule has 0 aromatic heterocycles. The molecule has 29 heavy (non-hydrogen) atoms. The first-order valence-corrected chi connectivity index (χ1v) is 9.49. The van der Waals surface area contributed by atoms with Gasteiger partial charge in [-0.2, -0.15) is 0 Å². The van der Waals surface area contributed by atoms with Crippen molar-refractivity contribution in [1.82, 2.24) is 0 Å². The second kappa shape index (κ2) is 7.21. The minimum absolute atomic E-state index is 0.182. The van der Waals surface area contributed by atoms with Crippen molar-refractivity contribution >= 4 is 11.1 Å². The SMILES string of the molecule is COc1ccc(C2=C(c3ccc(OC)cc3)C(C)(C)Oc3cc(O)ccc32)cc1. The molecule has 4 nitrogen and oxygen atoms in total. The molecule has 148 valence electrons. The van der Waals surface area contributed by atoms with Gasteiger partial charge in [-0.1, -0.05) is 24.3 Å². The highest BCUT2D eigenvalue weighted by molar-refractivity contribution is 6.04. The average molecular weight is 388 g/mol. The summed E-state index contributed by atoms with van der Waals surface area (Å²) >= 11 is 0. The number of phenolic OH excluding ortho intramolecular Hbond substituents is 1. The van der Waals surface area contributed by atoms with Crippen LogP contribution in [-0.4, -0.2) is 24.9 Å². The molecule has 1 heterocycles. The van der Waals surface area contributed by atoms with Crippen molar-refractivity contribution in [2.24, 2.45) is 0 Å². The molecule has 0 atom stereocenters. The van der Waals surface area contributed by atoms with Crippen LogP contribution < -0.4 is 14.2 Å². The Hall–Kier alpha value is -3.40. The van der Waals surface area contributed by atoms with Crippen molar-refractivity contribution < 1.29 is 19.3 Å². The van der Waals surface area contributed by atoms with Gasteiger partial charge in [0.25, 0.3) is 0 Å². The zero-order valence-corrected chi connectivity index (χ0v) is 17.0. The van der Waals surface area contributed by atoms with Crippen LogP contribution in [0.25, 0.3) is 11.1 Å². The van der Waals surface area contributed by atoms with Gasteiger partial charge in [0.05, 0.1) is 14.2 Å². The minimum atomic E-state index is -0.607. The van der Waals surface area contributed by atoms with E-state index in [1.165, 1.54) is 0 Å². The topological polar surface area (TPSA) is 47.9 Å². The lowest BCUT2D eigenvalue weighted by Gasteiger charge is -2.37. The molecule has 0 saturated heterocycles. The molecule has 0 fully saturated rings. The lowest BCUT2D eigenvalue weighted by Crippen LogP contribution is -2.34. The van der Waals surface area contributed by atoms with Gasteiger partial charge in [0.1, 0.15) is 28.6 Å². The van der Waals surface area contributed by atoms with Gasteiger partial charge in [-0.25, -0.2) is 0 Å². The molecule has 0 aliphatic carbocycles. The molecule has 4 heteroatoms. The first-order chi connectivity index (χ1) is 13.9. The zero-order chi connectivity index (χ0) is 20.6. The maximum absolute atomic E-state index is 10.00. The number of aromatic hydroxyl groups is 1. The number of rotatable bonds is 4. The van der Waals surface area contributed by atoms with Gasteiger partial charge >= 0.3 is 0 Å². The molecule has 0 spiro atoms. The van der Waals surface area contributed by atoms with E-state index in [-0.39, 0.29) is 5.75 Å². The fraction of sp³-hybridized carbons (Fsp3) is 0.200. The fourth-order valence-electron chi connectivity index (χ4n) is 3.87. The zero-order valence-electron chi connectivity index (χ0n) is 17.0. The summed E-state index contributed by atoms with van der Waals surface area (Å²) in [4.78, 5) is 0. The molecular weight excluding hydrogens is 364 g/mol. The molecule has 0 radical (unpaired) electrons. The molecule has 0 amide bonds. The highest BCUT2D eigenvalue weighted by Gasteiger charge is 2.36. The lowest BCUT2D eigenvalue weighted by atomic mass is 9.79. The second-order valence-corrected chi connectivity index (χ2v) is 7.50. The summed E-state index contributed by atoms with van der Waals surface area (Å²) in [5.41, 5.74) is 4.59. The van der Waals surface area contributed by atoms with Crippen molar-refractivity contribution in [3.8, 4) is 23.0 Å². The number of benzene rings is 3. The highest BCUT2D eigenvalue weighted by atomic mass is 16.5. The van der Waals surface area contributed by atoms with Gasteiger partial charge in [0.15, 0.2) is 0 Å². The average Bonchev–Trinajstić information content (AvgIpc) is 2.72. The standard InChI is InChI=1S/C25H24O4/c1-25(2)24(17-7-12-20(28-4)13-8-17)23(16-5-10-19(27-3)11-6-16)21-14-9-18(26)15-22(21)29-25/h5-15,26H,1-4H3. The van der Waals surface area contributed by atoms with Crippen LogP contribution in [0.15, 0.2) is 66.7 Å². The Kier molecular flexibility index (Phi) is 4.71. The molecule has 1 aliphatic heterocycles. The predicted molar refractivity (Wildman–Crippen MR) is 115 cm³/mol. The molecule has 4 rings (SSSR count). The van der Waals surface area contributed by atoms with Crippen LogP contribution >= 0.6 is 0 Å². The van der Waals surface area contributed by atoms with E-state index in [0.717, 1.165) is 39.3 Å². The summed E-state index contributed by atoms with van der Waals surface area (Å²) in [5, 5.41) is 10.00. The van der Waals surface area contributed by atoms with Gasteiger partial charge in [0, 0.05) is 22.8 Å². The van der Waals surface area contributed by atoms with E-state index in [2.05, 4.69) is 12.1 Å². The largest absolute Gasteiger partial charge is 0.508 e. The summed E-state index contributed by atoms with van der Waals surface area (Å²) in [7, 11) is 3.32. The van der Waals surface area contributed by atoms with E-state index >= 15 is 0 Å². The Morgan fingerprint density at radius 2 is 1.31 bits per heavy atom. The van der Waals surface area contributed by atoms with E-state index in [9.17, 15) is 5.11 Å². The Balaban J connectivity index is 2.01. The van der Waals surface area contributed by atoms with Crippen molar-refractivity contribution in [2.45, 2.75) is 19.4 Å². The van der Waals surface area contributed by atoms with Crippen molar-refractivity contribution in [3.63, 3.8) is 0 Å². The molecule has 3 aromatic rings. The first-order valence-electron chi connectivity index (χ1n) is 9.49. The Labute approximate surface area is 171 Å². The fourth-order valence-corrected chi connectivity index (χ4v) is 3.87. The number of phenols is 1. The number of methoxy groups -OCH3 is 2. The van der Waals surface area contributed by atoms with E-state index in [0.29, 0.717) is 5.75 Å². The summed E-state index contributed by atoms with van der Waals surface area (Å²) in [5.74, 6) is 2.46. The Morgan fingerprint density at radius 3 is 1.86 bits per heavy atom. The predicted octanol–water partition coefficient (Wildman–Crippen LogP) is 5.54. The molecular formula is C25H24O4. The van der Waals surface area contributed by atoms with Crippen molar-refractivity contribution in [2.75, 3.05) is 14.2 Å². The molecule has 0 bridgehead atoms. The maximum Gasteiger partial charge on any atom is 0.132 e. The normalized spacial score (nSPS) is 14.8. The van der Waals surface area contributed by atoms with Crippen LogP contribution in [0.1, 0.15) is 30.5 Å². The quantitative estimate of drug-likeness (QED) is 0.637. The Bertz CT molecular complexity index is 1060. The van der Waals surface area contributed by atoms with E-state index in [1.807, 2.05) is 56.3 Å². The van der Waals surface area contributed by atoms with Crippen LogP contribution in [0, 0.1) is 0 Å². The van der Waals surface area contributed by atoms with E-state index in [1.54, 1.807) is 26.4 Å². The van der Waals surface area contributed by atoms with Crippen LogP contribution in [-0.2, 0) is 0 Å². The summed E-state index contributed by atoms with van der Waals surface area (Å²) in [6.45, 7) is 4.09. The van der Waals surface area contributed by atoms with Crippen molar-refractivity contribution in [1.29, 1.82) is 0 Å². The van der Waals surface area contributed by atoms with Gasteiger partial charge in [-0.05, 0) is 61.4 Å². The number of hydrogen-bond donors (Lipinski definition) is 1. The summed E-state index contributed by atoms with van der Waals surface area (Å²) in [6.07, 6.45) is 0. The monoisotopic (exact) mass is 388 g/mol. The molecule has 0 unspecified atom stereocenters. The molecule has 0 saturated carbocycles. The number of fused-ring (bicyclic) bond motifs is 1. The summed E-state index contributed by atoms with van der Waals surface area (Å²) in [6, 6.07) is 21.3. The third-order valence-electron chi connectivity index (χ3n) is 5.21.